The standard InChI is InChI=1S/C46H29N3O/c1-2-12-31(13-3-1)46-47-40(30-22-25-33(26-23-30)49-42-19-9-6-16-36(42)37-17-7-10-20-43(37)49)29-41(48-46)35-15-5-4-14-34(35)32-24-27-45-39(28-32)38-18-8-11-21-44(38)50-45/h1-29H. The predicted octanol–water partition coefficient (Wildman–Crippen LogP) is 12.1. The van der Waals surface area contributed by atoms with Gasteiger partial charge in [0, 0.05) is 43.9 Å². The fourth-order valence-electron chi connectivity index (χ4n) is 7.28. The number of para-hydroxylation sites is 3. The van der Waals surface area contributed by atoms with Crippen LogP contribution < -0.4 is 0 Å². The average Bonchev–Trinajstić information content (AvgIpc) is 3.74. The van der Waals surface area contributed by atoms with E-state index in [2.05, 4.69) is 150 Å². The van der Waals surface area contributed by atoms with Crippen LogP contribution in [0.5, 0.6) is 0 Å². The lowest BCUT2D eigenvalue weighted by Gasteiger charge is -2.14. The van der Waals surface area contributed by atoms with Crippen molar-refractivity contribution >= 4 is 43.7 Å². The molecule has 4 nitrogen and oxygen atoms in total. The minimum atomic E-state index is 0.690. The van der Waals surface area contributed by atoms with Gasteiger partial charge in [-0.25, -0.2) is 9.97 Å². The Kier molecular flexibility index (Phi) is 6.46. The van der Waals surface area contributed by atoms with Gasteiger partial charge in [0.2, 0.25) is 0 Å². The zero-order valence-electron chi connectivity index (χ0n) is 27.0. The molecular weight excluding hydrogens is 611 g/mol. The first-order valence-electron chi connectivity index (χ1n) is 16.8. The monoisotopic (exact) mass is 639 g/mol. The van der Waals surface area contributed by atoms with Crippen molar-refractivity contribution in [2.45, 2.75) is 0 Å². The molecule has 4 heteroatoms. The number of hydrogen-bond acceptors (Lipinski definition) is 3. The second-order valence-corrected chi connectivity index (χ2v) is 12.6. The van der Waals surface area contributed by atoms with Crippen LogP contribution in [0, 0.1) is 0 Å². The second kappa shape index (κ2) is 11.4. The van der Waals surface area contributed by atoms with Crippen molar-refractivity contribution in [2.75, 3.05) is 0 Å². The van der Waals surface area contributed by atoms with Gasteiger partial charge in [0.15, 0.2) is 5.82 Å². The highest BCUT2D eigenvalue weighted by atomic mass is 16.3. The Labute approximate surface area is 288 Å². The van der Waals surface area contributed by atoms with Gasteiger partial charge >= 0.3 is 0 Å². The second-order valence-electron chi connectivity index (χ2n) is 12.6. The van der Waals surface area contributed by atoms with Crippen molar-refractivity contribution in [2.24, 2.45) is 0 Å². The topological polar surface area (TPSA) is 43.9 Å². The molecule has 0 radical (unpaired) electrons. The van der Waals surface area contributed by atoms with E-state index in [0.29, 0.717) is 5.82 Å². The van der Waals surface area contributed by atoms with E-state index in [-0.39, 0.29) is 0 Å². The normalized spacial score (nSPS) is 11.6. The first-order chi connectivity index (χ1) is 24.8. The number of furan rings is 1. The van der Waals surface area contributed by atoms with Crippen LogP contribution in [0.4, 0.5) is 0 Å². The van der Waals surface area contributed by atoms with Gasteiger partial charge in [-0.3, -0.25) is 0 Å². The minimum Gasteiger partial charge on any atom is -0.456 e. The third kappa shape index (κ3) is 4.61. The molecule has 0 unspecified atom stereocenters. The zero-order valence-corrected chi connectivity index (χ0v) is 27.0. The van der Waals surface area contributed by atoms with E-state index in [4.69, 9.17) is 14.4 Å². The molecule has 3 aromatic heterocycles. The van der Waals surface area contributed by atoms with Crippen LogP contribution in [0.3, 0.4) is 0 Å². The van der Waals surface area contributed by atoms with E-state index in [9.17, 15) is 0 Å². The highest BCUT2D eigenvalue weighted by Crippen LogP contribution is 2.38. The summed E-state index contributed by atoms with van der Waals surface area (Å²) in [6.45, 7) is 0. The van der Waals surface area contributed by atoms with E-state index in [0.717, 1.165) is 66.8 Å². The molecule has 234 valence electrons. The minimum absolute atomic E-state index is 0.690. The molecule has 0 saturated heterocycles. The van der Waals surface area contributed by atoms with Crippen molar-refractivity contribution in [3.8, 4) is 50.7 Å². The van der Waals surface area contributed by atoms with Gasteiger partial charge in [-0.2, -0.15) is 0 Å². The summed E-state index contributed by atoms with van der Waals surface area (Å²) in [6.07, 6.45) is 0. The number of fused-ring (bicyclic) bond motifs is 6. The average molecular weight is 640 g/mol. The molecule has 10 rings (SSSR count). The summed E-state index contributed by atoms with van der Waals surface area (Å²) in [5.74, 6) is 0.690. The van der Waals surface area contributed by atoms with Gasteiger partial charge in [0.05, 0.1) is 22.4 Å². The highest BCUT2D eigenvalue weighted by Gasteiger charge is 2.17. The molecule has 0 aliphatic heterocycles. The number of aromatic nitrogens is 3. The van der Waals surface area contributed by atoms with E-state index in [1.807, 2.05) is 30.3 Å². The summed E-state index contributed by atoms with van der Waals surface area (Å²) in [6, 6.07) is 61.4. The smallest absolute Gasteiger partial charge is 0.160 e. The van der Waals surface area contributed by atoms with Gasteiger partial charge in [0.25, 0.3) is 0 Å². The van der Waals surface area contributed by atoms with E-state index >= 15 is 0 Å². The Balaban J connectivity index is 1.12. The third-order valence-electron chi connectivity index (χ3n) is 9.65. The maximum absolute atomic E-state index is 6.14. The van der Waals surface area contributed by atoms with Gasteiger partial charge in [-0.15, -0.1) is 0 Å². The molecule has 0 fully saturated rings. The first kappa shape index (κ1) is 28.3. The summed E-state index contributed by atoms with van der Waals surface area (Å²) in [7, 11) is 0. The molecule has 0 aliphatic rings. The molecule has 3 heterocycles. The van der Waals surface area contributed by atoms with Gasteiger partial charge in [0.1, 0.15) is 11.2 Å². The fourth-order valence-corrected chi connectivity index (χ4v) is 7.28. The summed E-state index contributed by atoms with van der Waals surface area (Å²) in [4.78, 5) is 10.3. The number of benzene rings is 7. The van der Waals surface area contributed by atoms with E-state index < -0.39 is 0 Å². The molecule has 0 N–H and O–H groups in total. The Hall–Kier alpha value is -6.78. The molecule has 0 bridgehead atoms. The molecule has 7 aromatic carbocycles. The number of hydrogen-bond donors (Lipinski definition) is 0. The fraction of sp³-hybridized carbons (Fsp3) is 0. The van der Waals surface area contributed by atoms with Crippen LogP contribution in [-0.4, -0.2) is 14.5 Å². The van der Waals surface area contributed by atoms with Crippen LogP contribution in [0.15, 0.2) is 180 Å². The molecule has 0 spiro atoms. The lowest BCUT2D eigenvalue weighted by Crippen LogP contribution is -1.98. The summed E-state index contributed by atoms with van der Waals surface area (Å²) >= 11 is 0. The Morgan fingerprint density at radius 1 is 0.380 bits per heavy atom. The van der Waals surface area contributed by atoms with Crippen molar-refractivity contribution < 1.29 is 4.42 Å². The first-order valence-corrected chi connectivity index (χ1v) is 16.8. The quantitative estimate of drug-likeness (QED) is 0.188. The molecule has 0 saturated carbocycles. The molecule has 0 atom stereocenters. The number of nitrogens with zero attached hydrogens (tertiary/aromatic N) is 3. The molecule has 0 aliphatic carbocycles. The lowest BCUT2D eigenvalue weighted by atomic mass is 9.95. The van der Waals surface area contributed by atoms with Crippen LogP contribution in [0.2, 0.25) is 0 Å². The zero-order chi connectivity index (χ0) is 33.0. The SMILES string of the molecule is c1ccc(-c2nc(-c3ccc(-n4c5ccccc5c5ccccc54)cc3)cc(-c3ccccc3-c3ccc4oc5ccccc5c4c3)n2)cc1. The predicted molar refractivity (Wildman–Crippen MR) is 205 cm³/mol. The molecule has 50 heavy (non-hydrogen) atoms. The Morgan fingerprint density at radius 2 is 0.960 bits per heavy atom. The van der Waals surface area contributed by atoms with Crippen molar-refractivity contribution in [3.63, 3.8) is 0 Å². The number of rotatable bonds is 5. The molecule has 10 aromatic rings. The Bertz CT molecular complexity index is 2810. The maximum atomic E-state index is 6.14. The van der Waals surface area contributed by atoms with Crippen LogP contribution in [0.25, 0.3) is 94.5 Å². The summed E-state index contributed by atoms with van der Waals surface area (Å²) in [5.41, 5.74) is 12.3. The van der Waals surface area contributed by atoms with Gasteiger partial charge in [-0.05, 0) is 59.7 Å². The van der Waals surface area contributed by atoms with Crippen LogP contribution >= 0.6 is 0 Å². The van der Waals surface area contributed by atoms with Gasteiger partial charge in [-0.1, -0.05) is 127 Å². The van der Waals surface area contributed by atoms with Crippen molar-refractivity contribution in [1.82, 2.24) is 14.5 Å². The van der Waals surface area contributed by atoms with Crippen LogP contribution in [-0.2, 0) is 0 Å². The van der Waals surface area contributed by atoms with Crippen molar-refractivity contribution in [3.05, 3.63) is 176 Å². The van der Waals surface area contributed by atoms with E-state index in [1.54, 1.807) is 0 Å². The maximum Gasteiger partial charge on any atom is 0.160 e. The highest BCUT2D eigenvalue weighted by molar-refractivity contribution is 6.09. The van der Waals surface area contributed by atoms with Gasteiger partial charge < -0.3 is 8.98 Å². The largest absolute Gasteiger partial charge is 0.456 e. The summed E-state index contributed by atoms with van der Waals surface area (Å²) < 4.78 is 8.48. The Morgan fingerprint density at radius 3 is 1.72 bits per heavy atom. The molecule has 0 amide bonds. The van der Waals surface area contributed by atoms with E-state index in [1.165, 1.54) is 21.8 Å². The summed E-state index contributed by atoms with van der Waals surface area (Å²) in [5, 5.41) is 4.71. The third-order valence-corrected chi connectivity index (χ3v) is 9.65. The lowest BCUT2D eigenvalue weighted by molar-refractivity contribution is 0.669. The molecular formula is C46H29N3O. The van der Waals surface area contributed by atoms with Crippen LogP contribution in [0.1, 0.15) is 0 Å². The van der Waals surface area contributed by atoms with Crippen molar-refractivity contribution in [1.29, 1.82) is 0 Å².